The topological polar surface area (TPSA) is 29.1 Å². The largest absolute Gasteiger partial charge is 0.471 e. The van der Waals surface area contributed by atoms with Gasteiger partial charge in [-0.2, -0.15) is 13.2 Å². The summed E-state index contributed by atoms with van der Waals surface area (Å²) in [5, 5.41) is 1.83. The number of carbonyl (C=O) groups excluding carboxylic acids is 1. The monoisotopic (exact) mass is 265 g/mol. The highest BCUT2D eigenvalue weighted by Gasteiger charge is 2.38. The third-order valence-electron chi connectivity index (χ3n) is 2.49. The molecule has 0 fully saturated rings. The normalized spacial score (nSPS) is 11.1. The van der Waals surface area contributed by atoms with Crippen LogP contribution in [0.5, 0.6) is 0 Å². The Labute approximate surface area is 107 Å². The summed E-state index contributed by atoms with van der Waals surface area (Å²) in [5.41, 5.74) is 1.72. The second-order valence-corrected chi connectivity index (χ2v) is 3.90. The third kappa shape index (κ3) is 3.34. The van der Waals surface area contributed by atoms with Crippen molar-refractivity contribution in [3.8, 4) is 11.1 Å². The molecule has 0 atom stereocenters. The second kappa shape index (κ2) is 5.14. The molecule has 5 heteroatoms. The van der Waals surface area contributed by atoms with E-state index < -0.39 is 12.1 Å². The molecule has 0 aliphatic heterocycles. The van der Waals surface area contributed by atoms with Gasteiger partial charge >= 0.3 is 12.1 Å². The molecule has 0 bridgehead atoms. The predicted octanol–water partition coefficient (Wildman–Crippen LogP) is 3.85. The Morgan fingerprint density at radius 3 is 2.16 bits per heavy atom. The SMILES string of the molecule is O=C(Nc1cccc(-c2ccccc2)c1)C(F)(F)F. The van der Waals surface area contributed by atoms with Gasteiger partial charge < -0.3 is 5.32 Å². The molecule has 0 aromatic heterocycles. The lowest BCUT2D eigenvalue weighted by atomic mass is 10.1. The minimum absolute atomic E-state index is 0.115. The highest BCUT2D eigenvalue weighted by atomic mass is 19.4. The molecule has 0 saturated heterocycles. The number of carbonyl (C=O) groups is 1. The smallest absolute Gasteiger partial charge is 0.318 e. The average Bonchev–Trinajstić information content (AvgIpc) is 2.39. The van der Waals surface area contributed by atoms with E-state index in [9.17, 15) is 18.0 Å². The molecular weight excluding hydrogens is 255 g/mol. The molecule has 0 unspecified atom stereocenters. The number of hydrogen-bond acceptors (Lipinski definition) is 1. The molecule has 0 saturated carbocycles. The fourth-order valence-electron chi connectivity index (χ4n) is 1.61. The Kier molecular flexibility index (Phi) is 3.55. The van der Waals surface area contributed by atoms with Crippen LogP contribution in [0.2, 0.25) is 0 Å². The average molecular weight is 265 g/mol. The zero-order chi connectivity index (χ0) is 13.9. The van der Waals surface area contributed by atoms with Crippen molar-refractivity contribution in [3.63, 3.8) is 0 Å². The van der Waals surface area contributed by atoms with Gasteiger partial charge in [-0.15, -0.1) is 0 Å². The van der Waals surface area contributed by atoms with Gasteiger partial charge in [0, 0.05) is 5.69 Å². The number of rotatable bonds is 2. The number of nitrogens with one attached hydrogen (secondary N) is 1. The lowest BCUT2D eigenvalue weighted by Gasteiger charge is -2.09. The van der Waals surface area contributed by atoms with Gasteiger partial charge in [-0.25, -0.2) is 0 Å². The maximum Gasteiger partial charge on any atom is 0.471 e. The van der Waals surface area contributed by atoms with Crippen molar-refractivity contribution >= 4 is 11.6 Å². The Morgan fingerprint density at radius 2 is 1.53 bits per heavy atom. The quantitative estimate of drug-likeness (QED) is 0.877. The molecule has 1 N–H and O–H groups in total. The molecule has 2 aromatic carbocycles. The minimum Gasteiger partial charge on any atom is -0.318 e. The van der Waals surface area contributed by atoms with Crippen LogP contribution in [0, 0.1) is 0 Å². The Hall–Kier alpha value is -2.30. The van der Waals surface area contributed by atoms with Gasteiger partial charge in [-0.1, -0.05) is 42.5 Å². The summed E-state index contributed by atoms with van der Waals surface area (Å²) in [7, 11) is 0. The first-order chi connectivity index (χ1) is 8.97. The van der Waals surface area contributed by atoms with Gasteiger partial charge in [0.1, 0.15) is 0 Å². The summed E-state index contributed by atoms with van der Waals surface area (Å²) < 4.78 is 36.4. The van der Waals surface area contributed by atoms with E-state index in [2.05, 4.69) is 0 Å². The second-order valence-electron chi connectivity index (χ2n) is 3.90. The fourth-order valence-corrected chi connectivity index (χ4v) is 1.61. The standard InChI is InChI=1S/C14H10F3NO/c15-14(16,17)13(19)18-12-8-4-7-11(9-12)10-5-2-1-3-6-10/h1-9H,(H,18,19). The van der Waals surface area contributed by atoms with Crippen molar-refractivity contribution in [2.75, 3.05) is 5.32 Å². The molecular formula is C14H10F3NO. The first kappa shape index (κ1) is 13.1. The Morgan fingerprint density at radius 1 is 0.895 bits per heavy atom. The first-order valence-electron chi connectivity index (χ1n) is 5.50. The summed E-state index contributed by atoms with van der Waals surface area (Å²) in [6, 6.07) is 15.4. The fraction of sp³-hybridized carbons (Fsp3) is 0.0714. The zero-order valence-electron chi connectivity index (χ0n) is 9.74. The molecule has 98 valence electrons. The van der Waals surface area contributed by atoms with E-state index in [0.29, 0.717) is 0 Å². The van der Waals surface area contributed by atoms with Crippen LogP contribution in [-0.2, 0) is 4.79 Å². The van der Waals surface area contributed by atoms with E-state index in [1.54, 1.807) is 12.1 Å². The Bertz CT molecular complexity index is 579. The summed E-state index contributed by atoms with van der Waals surface area (Å²) in [6.07, 6.45) is -4.89. The predicted molar refractivity (Wildman–Crippen MR) is 66.6 cm³/mol. The maximum atomic E-state index is 12.1. The molecule has 2 nitrogen and oxygen atoms in total. The molecule has 2 rings (SSSR count). The van der Waals surface area contributed by atoms with E-state index in [4.69, 9.17) is 0 Å². The number of hydrogen-bond donors (Lipinski definition) is 1. The highest BCUT2D eigenvalue weighted by Crippen LogP contribution is 2.24. The van der Waals surface area contributed by atoms with Crippen LogP contribution < -0.4 is 5.32 Å². The van der Waals surface area contributed by atoms with E-state index in [-0.39, 0.29) is 5.69 Å². The molecule has 0 radical (unpaired) electrons. The molecule has 1 amide bonds. The van der Waals surface area contributed by atoms with Crippen molar-refractivity contribution in [1.29, 1.82) is 0 Å². The highest BCUT2D eigenvalue weighted by molar-refractivity contribution is 5.95. The van der Waals surface area contributed by atoms with Crippen LogP contribution in [0.1, 0.15) is 0 Å². The lowest BCUT2D eigenvalue weighted by Crippen LogP contribution is -2.29. The third-order valence-corrected chi connectivity index (χ3v) is 2.49. The molecule has 0 aliphatic rings. The summed E-state index contributed by atoms with van der Waals surface area (Å²) in [6.45, 7) is 0. The number of alkyl halides is 3. The van der Waals surface area contributed by atoms with Crippen LogP contribution in [-0.4, -0.2) is 12.1 Å². The molecule has 19 heavy (non-hydrogen) atoms. The van der Waals surface area contributed by atoms with E-state index in [1.165, 1.54) is 12.1 Å². The number of halogens is 3. The van der Waals surface area contributed by atoms with Gasteiger partial charge in [0.05, 0.1) is 0 Å². The van der Waals surface area contributed by atoms with Crippen LogP contribution in [0.4, 0.5) is 18.9 Å². The van der Waals surface area contributed by atoms with Gasteiger partial charge in [-0.05, 0) is 23.3 Å². The van der Waals surface area contributed by atoms with Crippen molar-refractivity contribution in [1.82, 2.24) is 0 Å². The molecule has 0 heterocycles. The van der Waals surface area contributed by atoms with Crippen molar-refractivity contribution in [2.45, 2.75) is 6.18 Å². The van der Waals surface area contributed by atoms with Gasteiger partial charge in [0.15, 0.2) is 0 Å². The molecule has 0 aliphatic carbocycles. The van der Waals surface area contributed by atoms with Crippen LogP contribution >= 0.6 is 0 Å². The number of amides is 1. The maximum absolute atomic E-state index is 12.1. The van der Waals surface area contributed by atoms with Crippen LogP contribution in [0.15, 0.2) is 54.6 Å². The lowest BCUT2D eigenvalue weighted by molar-refractivity contribution is -0.167. The summed E-state index contributed by atoms with van der Waals surface area (Å²) >= 11 is 0. The van der Waals surface area contributed by atoms with E-state index in [1.807, 2.05) is 35.6 Å². The first-order valence-corrected chi connectivity index (χ1v) is 5.50. The summed E-state index contributed by atoms with van der Waals surface area (Å²) in [5.74, 6) is -1.97. The van der Waals surface area contributed by atoms with Crippen molar-refractivity contribution in [2.24, 2.45) is 0 Å². The van der Waals surface area contributed by atoms with Gasteiger partial charge in [-0.3, -0.25) is 4.79 Å². The molecule has 0 spiro atoms. The minimum atomic E-state index is -4.89. The molecule has 2 aromatic rings. The number of benzene rings is 2. The van der Waals surface area contributed by atoms with Crippen molar-refractivity contribution < 1.29 is 18.0 Å². The van der Waals surface area contributed by atoms with Crippen molar-refractivity contribution in [3.05, 3.63) is 54.6 Å². The number of anilines is 1. The Balaban J connectivity index is 2.24. The van der Waals surface area contributed by atoms with Gasteiger partial charge in [0.2, 0.25) is 0 Å². The van der Waals surface area contributed by atoms with Crippen LogP contribution in [0.25, 0.3) is 11.1 Å². The van der Waals surface area contributed by atoms with Crippen LogP contribution in [0.3, 0.4) is 0 Å². The summed E-state index contributed by atoms with van der Waals surface area (Å²) in [4.78, 5) is 10.8. The van der Waals surface area contributed by atoms with E-state index >= 15 is 0 Å². The zero-order valence-corrected chi connectivity index (χ0v) is 9.74. The van der Waals surface area contributed by atoms with Gasteiger partial charge in [0.25, 0.3) is 0 Å². The van der Waals surface area contributed by atoms with E-state index in [0.717, 1.165) is 11.1 Å².